The number of hydrogen-bond acceptors (Lipinski definition) is 3. The van der Waals surface area contributed by atoms with E-state index in [1.807, 2.05) is 13.0 Å². The van der Waals surface area contributed by atoms with Crippen LogP contribution in [0, 0.1) is 12.7 Å². The predicted molar refractivity (Wildman–Crippen MR) is 127 cm³/mol. The molecule has 1 fully saturated rings. The van der Waals surface area contributed by atoms with Gasteiger partial charge in [0.15, 0.2) is 0 Å². The lowest BCUT2D eigenvalue weighted by atomic mass is 9.91. The van der Waals surface area contributed by atoms with E-state index in [-0.39, 0.29) is 24.1 Å². The molecule has 0 atom stereocenters. The molecule has 32 heavy (non-hydrogen) atoms. The molecule has 7 heteroatoms. The highest BCUT2D eigenvalue weighted by molar-refractivity contribution is 6.05. The number of carbonyl (C=O) groups excluding carboxylic acids is 1. The topological polar surface area (TPSA) is 50.2 Å². The number of amides is 1. The van der Waals surface area contributed by atoms with Crippen molar-refractivity contribution in [3.8, 4) is 5.69 Å². The van der Waals surface area contributed by atoms with Crippen LogP contribution < -0.4 is 5.32 Å². The predicted octanol–water partition coefficient (Wildman–Crippen LogP) is 4.95. The molecule has 2 aliphatic rings. The first-order chi connectivity index (χ1) is 15.1. The zero-order chi connectivity index (χ0) is 21.4. The fraction of sp³-hybridized carbons (Fsp3) is 0.360. The van der Waals surface area contributed by atoms with Gasteiger partial charge in [-0.05, 0) is 80.1 Å². The largest absolute Gasteiger partial charge is 0.322 e. The van der Waals surface area contributed by atoms with Gasteiger partial charge in [0.1, 0.15) is 5.82 Å². The Balaban J connectivity index is 0.00000245. The third kappa shape index (κ3) is 4.43. The molecule has 5 rings (SSSR count). The van der Waals surface area contributed by atoms with Crippen molar-refractivity contribution in [1.29, 1.82) is 0 Å². The van der Waals surface area contributed by atoms with Gasteiger partial charge >= 0.3 is 0 Å². The highest BCUT2D eigenvalue weighted by atomic mass is 35.5. The Labute approximate surface area is 194 Å². The zero-order valence-corrected chi connectivity index (χ0v) is 19.0. The van der Waals surface area contributed by atoms with Crippen LogP contribution in [0.2, 0.25) is 0 Å². The molecular formula is C25H28ClFN4O. The number of aromatic nitrogens is 2. The van der Waals surface area contributed by atoms with E-state index in [2.05, 4.69) is 27.4 Å². The maximum Gasteiger partial charge on any atom is 0.259 e. The summed E-state index contributed by atoms with van der Waals surface area (Å²) in [6.45, 7) is 4.07. The molecule has 2 heterocycles. The summed E-state index contributed by atoms with van der Waals surface area (Å²) in [5, 5.41) is 7.36. The van der Waals surface area contributed by atoms with Crippen LogP contribution in [0.1, 0.15) is 46.4 Å². The van der Waals surface area contributed by atoms with Gasteiger partial charge in [0.2, 0.25) is 0 Å². The molecule has 1 N–H and O–H groups in total. The van der Waals surface area contributed by atoms with Gasteiger partial charge in [0.25, 0.3) is 5.91 Å². The van der Waals surface area contributed by atoms with Gasteiger partial charge in [-0.25, -0.2) is 9.07 Å². The second kappa shape index (κ2) is 9.43. The van der Waals surface area contributed by atoms with Gasteiger partial charge < -0.3 is 5.32 Å². The van der Waals surface area contributed by atoms with Crippen LogP contribution in [0.4, 0.5) is 10.1 Å². The summed E-state index contributed by atoms with van der Waals surface area (Å²) in [5.41, 5.74) is 5.48. The SMILES string of the molecule is Cc1c(C(=O)Nc2ccc3c(c2)CCN(C2CCC2)CC3)cnn1-c1ccc(F)cc1.Cl. The van der Waals surface area contributed by atoms with E-state index in [4.69, 9.17) is 0 Å². The maximum absolute atomic E-state index is 13.2. The van der Waals surface area contributed by atoms with Crippen LogP contribution in [-0.4, -0.2) is 39.7 Å². The number of fused-ring (bicyclic) bond motifs is 1. The highest BCUT2D eigenvalue weighted by Crippen LogP contribution is 2.28. The smallest absolute Gasteiger partial charge is 0.259 e. The second-order valence-corrected chi connectivity index (χ2v) is 8.59. The third-order valence-corrected chi connectivity index (χ3v) is 6.72. The average Bonchev–Trinajstić information content (AvgIpc) is 2.99. The van der Waals surface area contributed by atoms with E-state index in [1.54, 1.807) is 23.0 Å². The molecule has 1 aromatic heterocycles. The van der Waals surface area contributed by atoms with Gasteiger partial charge in [-0.2, -0.15) is 5.10 Å². The minimum absolute atomic E-state index is 0. The first-order valence-corrected chi connectivity index (χ1v) is 11.1. The van der Waals surface area contributed by atoms with Gasteiger partial charge in [-0.1, -0.05) is 12.5 Å². The summed E-state index contributed by atoms with van der Waals surface area (Å²) in [4.78, 5) is 15.6. The van der Waals surface area contributed by atoms with Crippen molar-refractivity contribution in [1.82, 2.24) is 14.7 Å². The molecule has 1 aliphatic carbocycles. The molecule has 5 nitrogen and oxygen atoms in total. The summed E-state index contributed by atoms with van der Waals surface area (Å²) in [7, 11) is 0. The third-order valence-electron chi connectivity index (χ3n) is 6.72. The van der Waals surface area contributed by atoms with Crippen molar-refractivity contribution in [3.05, 3.63) is 76.9 Å². The van der Waals surface area contributed by atoms with Crippen LogP contribution in [0.3, 0.4) is 0 Å². The van der Waals surface area contributed by atoms with Crippen molar-refractivity contribution in [2.45, 2.75) is 45.1 Å². The fourth-order valence-corrected chi connectivity index (χ4v) is 4.61. The van der Waals surface area contributed by atoms with Gasteiger partial charge in [0.05, 0.1) is 23.1 Å². The van der Waals surface area contributed by atoms with Crippen molar-refractivity contribution in [2.24, 2.45) is 0 Å². The quantitative estimate of drug-likeness (QED) is 0.607. The first kappa shape index (κ1) is 22.5. The minimum Gasteiger partial charge on any atom is -0.322 e. The van der Waals surface area contributed by atoms with Crippen LogP contribution in [0.25, 0.3) is 5.69 Å². The van der Waals surface area contributed by atoms with E-state index >= 15 is 0 Å². The molecule has 3 aromatic rings. The molecule has 0 spiro atoms. The Morgan fingerprint density at radius 3 is 2.47 bits per heavy atom. The van der Waals surface area contributed by atoms with Gasteiger partial charge in [-0.3, -0.25) is 9.69 Å². The van der Waals surface area contributed by atoms with Crippen molar-refractivity contribution in [3.63, 3.8) is 0 Å². The lowest BCUT2D eigenvalue weighted by molar-refractivity contribution is 0.102. The first-order valence-electron chi connectivity index (χ1n) is 11.1. The molecular weight excluding hydrogens is 427 g/mol. The molecule has 1 amide bonds. The molecule has 2 aromatic carbocycles. The summed E-state index contributed by atoms with van der Waals surface area (Å²) < 4.78 is 14.9. The zero-order valence-electron chi connectivity index (χ0n) is 18.2. The van der Waals surface area contributed by atoms with E-state index in [0.717, 1.165) is 49.0 Å². The Bertz CT molecular complexity index is 1110. The van der Waals surface area contributed by atoms with Crippen molar-refractivity contribution >= 4 is 24.0 Å². The number of nitrogens with one attached hydrogen (secondary N) is 1. The van der Waals surface area contributed by atoms with Crippen LogP contribution in [0.5, 0.6) is 0 Å². The van der Waals surface area contributed by atoms with Crippen molar-refractivity contribution in [2.75, 3.05) is 18.4 Å². The van der Waals surface area contributed by atoms with Crippen LogP contribution >= 0.6 is 12.4 Å². The Hall–Kier alpha value is -2.70. The summed E-state index contributed by atoms with van der Waals surface area (Å²) in [6, 6.07) is 13.1. The molecule has 1 aliphatic heterocycles. The number of carbonyl (C=O) groups is 1. The minimum atomic E-state index is -0.300. The standard InChI is InChI=1S/C25H27FN4O.ClH/c1-17-24(16-27-30(17)23-9-6-20(26)7-10-23)25(31)28-21-8-5-18-11-13-29(22-3-2-4-22)14-12-19(18)15-21;/h5-10,15-16,22H,2-4,11-14H2,1H3,(H,28,31);1H. The second-order valence-electron chi connectivity index (χ2n) is 8.59. The Kier molecular flexibility index (Phi) is 6.63. The van der Waals surface area contributed by atoms with E-state index in [0.29, 0.717) is 5.56 Å². The van der Waals surface area contributed by atoms with Gasteiger partial charge in [0, 0.05) is 24.8 Å². The summed E-state index contributed by atoms with van der Waals surface area (Å²) in [5.74, 6) is -0.485. The molecule has 0 bridgehead atoms. The number of halogens is 2. The normalized spacial score (nSPS) is 16.4. The molecule has 0 saturated heterocycles. The molecule has 0 radical (unpaired) electrons. The highest BCUT2D eigenvalue weighted by Gasteiger charge is 2.26. The number of anilines is 1. The Morgan fingerprint density at radius 2 is 1.78 bits per heavy atom. The van der Waals surface area contributed by atoms with E-state index in [9.17, 15) is 9.18 Å². The number of nitrogens with zero attached hydrogens (tertiary/aromatic N) is 3. The Morgan fingerprint density at radius 1 is 1.06 bits per heavy atom. The average molecular weight is 455 g/mol. The van der Waals surface area contributed by atoms with Gasteiger partial charge in [-0.15, -0.1) is 12.4 Å². The molecule has 1 saturated carbocycles. The summed E-state index contributed by atoms with van der Waals surface area (Å²) in [6.07, 6.45) is 7.70. The molecule has 0 unspecified atom stereocenters. The van der Waals surface area contributed by atoms with E-state index in [1.165, 1.54) is 42.5 Å². The van der Waals surface area contributed by atoms with E-state index < -0.39 is 0 Å². The lowest BCUT2D eigenvalue weighted by Crippen LogP contribution is -2.41. The number of rotatable bonds is 4. The summed E-state index contributed by atoms with van der Waals surface area (Å²) >= 11 is 0. The number of benzene rings is 2. The number of hydrogen-bond donors (Lipinski definition) is 1. The lowest BCUT2D eigenvalue weighted by Gasteiger charge is -2.36. The van der Waals surface area contributed by atoms with Crippen LogP contribution in [-0.2, 0) is 12.8 Å². The monoisotopic (exact) mass is 454 g/mol. The maximum atomic E-state index is 13.2. The molecule has 168 valence electrons. The van der Waals surface area contributed by atoms with Crippen molar-refractivity contribution < 1.29 is 9.18 Å². The van der Waals surface area contributed by atoms with Crippen LogP contribution in [0.15, 0.2) is 48.7 Å². The fourth-order valence-electron chi connectivity index (χ4n) is 4.61.